The first-order valence-electron chi connectivity index (χ1n) is 6.16. The van der Waals surface area contributed by atoms with Gasteiger partial charge in [-0.25, -0.2) is 8.78 Å². The third kappa shape index (κ3) is 4.14. The lowest BCUT2D eigenvalue weighted by atomic mass is 10.2. The lowest BCUT2D eigenvalue weighted by molar-refractivity contribution is -0.111. The zero-order chi connectivity index (χ0) is 15.2. The first-order valence-corrected chi connectivity index (χ1v) is 6.16. The summed E-state index contributed by atoms with van der Waals surface area (Å²) < 4.78 is 31.1. The van der Waals surface area contributed by atoms with Crippen molar-refractivity contribution in [2.75, 3.05) is 12.4 Å². The second kappa shape index (κ2) is 6.65. The summed E-state index contributed by atoms with van der Waals surface area (Å²) in [6.45, 7) is 0. The Hall–Kier alpha value is -2.69. The van der Waals surface area contributed by atoms with Gasteiger partial charge in [0.25, 0.3) is 0 Å². The minimum absolute atomic E-state index is 0.0687. The van der Waals surface area contributed by atoms with E-state index in [1.807, 2.05) is 0 Å². The molecule has 2 rings (SSSR count). The molecule has 5 heteroatoms. The van der Waals surface area contributed by atoms with Crippen molar-refractivity contribution < 1.29 is 18.3 Å². The largest absolute Gasteiger partial charge is 0.497 e. The average molecular weight is 289 g/mol. The SMILES string of the molecule is COc1ccc(/C=C/C(=O)Nc2ccc(F)cc2F)cc1. The molecule has 0 saturated carbocycles. The van der Waals surface area contributed by atoms with E-state index in [0.29, 0.717) is 11.8 Å². The van der Waals surface area contributed by atoms with Crippen LogP contribution < -0.4 is 10.1 Å². The fourth-order valence-corrected chi connectivity index (χ4v) is 1.65. The number of benzene rings is 2. The number of methoxy groups -OCH3 is 1. The average Bonchev–Trinajstić information content (AvgIpc) is 2.48. The molecule has 0 aliphatic rings. The van der Waals surface area contributed by atoms with Gasteiger partial charge in [0.1, 0.15) is 17.4 Å². The van der Waals surface area contributed by atoms with E-state index in [9.17, 15) is 13.6 Å². The summed E-state index contributed by atoms with van der Waals surface area (Å²) >= 11 is 0. The van der Waals surface area contributed by atoms with Gasteiger partial charge in [-0.1, -0.05) is 12.1 Å². The molecule has 0 unspecified atom stereocenters. The molecule has 2 aromatic carbocycles. The number of hydrogen-bond donors (Lipinski definition) is 1. The second-order valence-corrected chi connectivity index (χ2v) is 4.22. The third-order valence-corrected chi connectivity index (χ3v) is 2.73. The minimum atomic E-state index is -0.818. The molecular weight excluding hydrogens is 276 g/mol. The van der Waals surface area contributed by atoms with Crippen molar-refractivity contribution in [2.45, 2.75) is 0 Å². The molecule has 1 N–H and O–H groups in total. The summed E-state index contributed by atoms with van der Waals surface area (Å²) in [6, 6.07) is 10.0. The highest BCUT2D eigenvalue weighted by molar-refractivity contribution is 6.01. The fourth-order valence-electron chi connectivity index (χ4n) is 1.65. The van der Waals surface area contributed by atoms with Gasteiger partial charge in [-0.05, 0) is 35.9 Å². The summed E-state index contributed by atoms with van der Waals surface area (Å²) in [5, 5.41) is 2.34. The van der Waals surface area contributed by atoms with Crippen molar-refractivity contribution in [3.8, 4) is 5.75 Å². The Balaban J connectivity index is 2.01. The molecular formula is C16H13F2NO2. The maximum absolute atomic E-state index is 13.4. The quantitative estimate of drug-likeness (QED) is 0.873. The van der Waals surface area contributed by atoms with E-state index >= 15 is 0 Å². The molecule has 0 aliphatic carbocycles. The zero-order valence-corrected chi connectivity index (χ0v) is 11.3. The molecule has 0 radical (unpaired) electrons. The molecule has 0 atom stereocenters. The van der Waals surface area contributed by atoms with E-state index < -0.39 is 17.5 Å². The fraction of sp³-hybridized carbons (Fsp3) is 0.0625. The third-order valence-electron chi connectivity index (χ3n) is 2.73. The van der Waals surface area contributed by atoms with Crippen LogP contribution in [0.2, 0.25) is 0 Å². The number of amides is 1. The van der Waals surface area contributed by atoms with E-state index in [0.717, 1.165) is 11.6 Å². The number of halogens is 2. The molecule has 0 heterocycles. The van der Waals surface area contributed by atoms with Gasteiger partial charge in [0.15, 0.2) is 0 Å². The van der Waals surface area contributed by atoms with Gasteiger partial charge in [-0.15, -0.1) is 0 Å². The van der Waals surface area contributed by atoms with Crippen LogP contribution in [0, 0.1) is 11.6 Å². The van der Waals surface area contributed by atoms with Gasteiger partial charge < -0.3 is 10.1 Å². The molecule has 2 aromatic rings. The van der Waals surface area contributed by atoms with Crippen molar-refractivity contribution in [1.29, 1.82) is 0 Å². The first kappa shape index (κ1) is 14.7. The maximum Gasteiger partial charge on any atom is 0.248 e. The van der Waals surface area contributed by atoms with Gasteiger partial charge in [0, 0.05) is 12.1 Å². The van der Waals surface area contributed by atoms with E-state index in [-0.39, 0.29) is 5.69 Å². The van der Waals surface area contributed by atoms with Crippen LogP contribution in [0.4, 0.5) is 14.5 Å². The predicted molar refractivity (Wildman–Crippen MR) is 77.0 cm³/mol. The molecule has 0 spiro atoms. The van der Waals surface area contributed by atoms with Gasteiger partial charge in [-0.3, -0.25) is 4.79 Å². The number of ether oxygens (including phenoxy) is 1. The molecule has 1 amide bonds. The second-order valence-electron chi connectivity index (χ2n) is 4.22. The van der Waals surface area contributed by atoms with Crippen LogP contribution in [-0.2, 0) is 4.79 Å². The van der Waals surface area contributed by atoms with Crippen LogP contribution in [0.5, 0.6) is 5.75 Å². The Bertz CT molecular complexity index is 666. The van der Waals surface area contributed by atoms with Crippen molar-refractivity contribution >= 4 is 17.7 Å². The van der Waals surface area contributed by atoms with Crippen molar-refractivity contribution in [3.05, 3.63) is 65.7 Å². The van der Waals surface area contributed by atoms with Crippen molar-refractivity contribution in [1.82, 2.24) is 0 Å². The van der Waals surface area contributed by atoms with E-state index in [4.69, 9.17) is 4.74 Å². The molecule has 0 fully saturated rings. The number of carbonyl (C=O) groups excluding carboxylic acids is 1. The Labute approximate surface area is 120 Å². The van der Waals surface area contributed by atoms with Crippen molar-refractivity contribution in [3.63, 3.8) is 0 Å². The van der Waals surface area contributed by atoms with Crippen LogP contribution in [0.3, 0.4) is 0 Å². The van der Waals surface area contributed by atoms with E-state index in [2.05, 4.69) is 5.32 Å². The summed E-state index contributed by atoms with van der Waals surface area (Å²) in [4.78, 5) is 11.7. The number of nitrogens with one attached hydrogen (secondary N) is 1. The molecule has 0 saturated heterocycles. The molecule has 0 bridgehead atoms. The summed E-state index contributed by atoms with van der Waals surface area (Å²) in [5.41, 5.74) is 0.728. The predicted octanol–water partition coefficient (Wildman–Crippen LogP) is 3.63. The van der Waals surface area contributed by atoms with Gasteiger partial charge in [-0.2, -0.15) is 0 Å². The number of rotatable bonds is 4. The van der Waals surface area contributed by atoms with Crippen LogP contribution in [0.15, 0.2) is 48.5 Å². The summed E-state index contributed by atoms with van der Waals surface area (Å²) in [7, 11) is 1.57. The minimum Gasteiger partial charge on any atom is -0.497 e. The number of hydrogen-bond acceptors (Lipinski definition) is 2. The number of carbonyl (C=O) groups is 1. The lowest BCUT2D eigenvalue weighted by Gasteiger charge is -2.03. The smallest absolute Gasteiger partial charge is 0.248 e. The van der Waals surface area contributed by atoms with E-state index in [1.165, 1.54) is 12.1 Å². The van der Waals surface area contributed by atoms with Gasteiger partial charge >= 0.3 is 0 Å². The first-order chi connectivity index (χ1) is 10.1. The van der Waals surface area contributed by atoms with Gasteiger partial charge in [0.05, 0.1) is 12.8 Å². The van der Waals surface area contributed by atoms with Crippen LogP contribution >= 0.6 is 0 Å². The molecule has 0 aliphatic heterocycles. The maximum atomic E-state index is 13.4. The Morgan fingerprint density at radius 2 is 1.86 bits per heavy atom. The molecule has 3 nitrogen and oxygen atoms in total. The highest BCUT2D eigenvalue weighted by Crippen LogP contribution is 2.15. The Morgan fingerprint density at radius 3 is 2.48 bits per heavy atom. The Kier molecular flexibility index (Phi) is 4.66. The van der Waals surface area contributed by atoms with Crippen molar-refractivity contribution in [2.24, 2.45) is 0 Å². The van der Waals surface area contributed by atoms with Gasteiger partial charge in [0.2, 0.25) is 5.91 Å². The molecule has 108 valence electrons. The van der Waals surface area contributed by atoms with Crippen LogP contribution in [-0.4, -0.2) is 13.0 Å². The highest BCUT2D eigenvalue weighted by Gasteiger charge is 2.05. The van der Waals surface area contributed by atoms with E-state index in [1.54, 1.807) is 37.5 Å². The lowest BCUT2D eigenvalue weighted by Crippen LogP contribution is -2.09. The summed E-state index contributed by atoms with van der Waals surface area (Å²) in [6.07, 6.45) is 2.85. The normalized spacial score (nSPS) is 10.6. The monoisotopic (exact) mass is 289 g/mol. The standard InChI is InChI=1S/C16H13F2NO2/c1-21-13-6-2-11(3-7-13)4-9-16(20)19-15-8-5-12(17)10-14(15)18/h2-10H,1H3,(H,19,20)/b9-4+. The summed E-state index contributed by atoms with van der Waals surface area (Å²) in [5.74, 6) is -1.30. The molecule has 0 aromatic heterocycles. The van der Waals surface area contributed by atoms with Crippen LogP contribution in [0.25, 0.3) is 6.08 Å². The topological polar surface area (TPSA) is 38.3 Å². The van der Waals surface area contributed by atoms with Crippen LogP contribution in [0.1, 0.15) is 5.56 Å². The highest BCUT2D eigenvalue weighted by atomic mass is 19.1. The Morgan fingerprint density at radius 1 is 1.14 bits per heavy atom. The molecule has 21 heavy (non-hydrogen) atoms. The number of anilines is 1. The zero-order valence-electron chi connectivity index (χ0n) is 11.3.